The summed E-state index contributed by atoms with van der Waals surface area (Å²) < 4.78 is 0. The second kappa shape index (κ2) is 3.43. The number of nitriles is 1. The summed E-state index contributed by atoms with van der Waals surface area (Å²) >= 11 is 0. The molecule has 4 N–H and O–H groups in total. The smallest absolute Gasteiger partial charge is 0.211 e. The molecule has 0 aliphatic carbocycles. The van der Waals surface area contributed by atoms with Gasteiger partial charge in [0, 0.05) is 0 Å². The van der Waals surface area contributed by atoms with Crippen LogP contribution in [0.2, 0.25) is 0 Å². The molecule has 0 aliphatic heterocycles. The third-order valence-electron chi connectivity index (χ3n) is 0.477. The number of rotatable bonds is 1. The molecule has 0 aromatic carbocycles. The zero-order chi connectivity index (χ0) is 7.28. The Balaban J connectivity index is 4.03. The number of guanidine groups is 1. The molecule has 0 saturated heterocycles. The standard InChI is InChI=1S/C4H7N5/c1-3(2-5)8-9-4(6)7/h1H3,(H4,6,7,9). The molecule has 0 spiro atoms. The first-order valence-electron chi connectivity index (χ1n) is 2.20. The second-order valence-corrected chi connectivity index (χ2v) is 1.32. The van der Waals surface area contributed by atoms with E-state index in [1.54, 1.807) is 6.07 Å². The predicted octanol–water partition coefficient (Wildman–Crippen LogP) is -0.841. The summed E-state index contributed by atoms with van der Waals surface area (Å²) in [6, 6.07) is 1.75. The Morgan fingerprint density at radius 2 is 2.00 bits per heavy atom. The van der Waals surface area contributed by atoms with Gasteiger partial charge in [-0.25, -0.2) is 0 Å². The molecule has 5 nitrogen and oxygen atoms in total. The molecule has 0 unspecified atom stereocenters. The van der Waals surface area contributed by atoms with Crippen LogP contribution in [0.25, 0.3) is 0 Å². The van der Waals surface area contributed by atoms with Crippen LogP contribution in [-0.4, -0.2) is 11.7 Å². The molecule has 9 heavy (non-hydrogen) atoms. The molecule has 0 fully saturated rings. The van der Waals surface area contributed by atoms with Gasteiger partial charge in [0.05, 0.1) is 0 Å². The third kappa shape index (κ3) is 4.28. The summed E-state index contributed by atoms with van der Waals surface area (Å²) in [5.74, 6) is -0.149. The lowest BCUT2D eigenvalue weighted by atomic mass is 10.5. The fourth-order valence-corrected chi connectivity index (χ4v) is 0.155. The van der Waals surface area contributed by atoms with E-state index in [1.807, 2.05) is 0 Å². The normalized spacial score (nSPS) is 10.0. The number of hydrogen-bond donors (Lipinski definition) is 2. The minimum absolute atomic E-state index is 0.149. The maximum atomic E-state index is 8.12. The van der Waals surface area contributed by atoms with Crippen molar-refractivity contribution in [3.63, 3.8) is 0 Å². The van der Waals surface area contributed by atoms with Crippen molar-refractivity contribution in [3.05, 3.63) is 0 Å². The second-order valence-electron chi connectivity index (χ2n) is 1.32. The van der Waals surface area contributed by atoms with E-state index >= 15 is 0 Å². The van der Waals surface area contributed by atoms with Gasteiger partial charge >= 0.3 is 0 Å². The molecule has 0 saturated carbocycles. The largest absolute Gasteiger partial charge is 0.369 e. The van der Waals surface area contributed by atoms with E-state index in [4.69, 9.17) is 16.7 Å². The average molecular weight is 125 g/mol. The van der Waals surface area contributed by atoms with E-state index in [0.29, 0.717) is 0 Å². The van der Waals surface area contributed by atoms with E-state index < -0.39 is 0 Å². The Labute approximate surface area is 52.7 Å². The Hall–Kier alpha value is -1.57. The van der Waals surface area contributed by atoms with E-state index in [2.05, 4.69) is 10.2 Å². The van der Waals surface area contributed by atoms with Crippen LogP contribution in [0, 0.1) is 11.3 Å². The van der Waals surface area contributed by atoms with Crippen LogP contribution in [0.5, 0.6) is 0 Å². The molecule has 0 atom stereocenters. The van der Waals surface area contributed by atoms with Gasteiger partial charge in [-0.2, -0.15) is 5.26 Å². The molecule has 48 valence electrons. The Morgan fingerprint density at radius 1 is 1.44 bits per heavy atom. The highest BCUT2D eigenvalue weighted by Gasteiger charge is 1.81. The SMILES string of the molecule is CC(C#N)=NN=C(N)N. The van der Waals surface area contributed by atoms with Crippen LogP contribution in [0.1, 0.15) is 6.92 Å². The van der Waals surface area contributed by atoms with Gasteiger partial charge in [-0.15, -0.1) is 10.2 Å². The molecule has 0 heterocycles. The van der Waals surface area contributed by atoms with Crippen LogP contribution in [0.3, 0.4) is 0 Å². The summed E-state index contributed by atoms with van der Waals surface area (Å²) in [4.78, 5) is 0. The van der Waals surface area contributed by atoms with Crippen molar-refractivity contribution in [1.29, 1.82) is 5.26 Å². The summed E-state index contributed by atoms with van der Waals surface area (Å²) in [5.41, 5.74) is 10.0. The van der Waals surface area contributed by atoms with Crippen molar-refractivity contribution in [1.82, 2.24) is 0 Å². The molecule has 0 aliphatic rings. The quantitative estimate of drug-likeness (QED) is 0.271. The van der Waals surface area contributed by atoms with Gasteiger partial charge in [0.25, 0.3) is 0 Å². The van der Waals surface area contributed by atoms with Gasteiger partial charge in [-0.05, 0) is 6.92 Å². The fourth-order valence-electron chi connectivity index (χ4n) is 0.155. The van der Waals surface area contributed by atoms with E-state index in [9.17, 15) is 0 Å². The lowest BCUT2D eigenvalue weighted by Crippen LogP contribution is -2.21. The molecular weight excluding hydrogens is 118 g/mol. The predicted molar refractivity (Wildman–Crippen MR) is 34.5 cm³/mol. The van der Waals surface area contributed by atoms with Gasteiger partial charge in [0.15, 0.2) is 0 Å². The fraction of sp³-hybridized carbons (Fsp3) is 0.250. The van der Waals surface area contributed by atoms with E-state index in [1.165, 1.54) is 6.92 Å². The highest BCUT2D eigenvalue weighted by Crippen LogP contribution is 1.74. The van der Waals surface area contributed by atoms with Crippen LogP contribution >= 0.6 is 0 Å². The Kier molecular flexibility index (Phi) is 2.84. The average Bonchev–Trinajstić information content (AvgIpc) is 1.83. The molecule has 0 aromatic rings. The van der Waals surface area contributed by atoms with Gasteiger partial charge < -0.3 is 11.5 Å². The molecule has 0 bridgehead atoms. The van der Waals surface area contributed by atoms with Crippen molar-refractivity contribution in [2.45, 2.75) is 6.92 Å². The molecule has 0 radical (unpaired) electrons. The minimum Gasteiger partial charge on any atom is -0.369 e. The molecule has 0 aromatic heterocycles. The zero-order valence-corrected chi connectivity index (χ0v) is 5.00. The zero-order valence-electron chi connectivity index (χ0n) is 5.00. The highest BCUT2D eigenvalue weighted by atomic mass is 15.3. The first kappa shape index (κ1) is 7.43. The van der Waals surface area contributed by atoms with Crippen molar-refractivity contribution in [2.24, 2.45) is 21.7 Å². The van der Waals surface area contributed by atoms with E-state index in [0.717, 1.165) is 0 Å². The topological polar surface area (TPSA) is 101 Å². The van der Waals surface area contributed by atoms with Crippen molar-refractivity contribution >= 4 is 11.7 Å². The molecular formula is C4H7N5. The third-order valence-corrected chi connectivity index (χ3v) is 0.477. The van der Waals surface area contributed by atoms with Crippen LogP contribution in [0.4, 0.5) is 0 Å². The number of hydrogen-bond acceptors (Lipinski definition) is 3. The van der Waals surface area contributed by atoms with Crippen LogP contribution in [0.15, 0.2) is 10.2 Å². The monoisotopic (exact) mass is 125 g/mol. The Bertz CT molecular complexity index is 180. The molecule has 0 rings (SSSR count). The minimum atomic E-state index is -0.149. The van der Waals surface area contributed by atoms with Gasteiger partial charge in [0.1, 0.15) is 11.8 Å². The lowest BCUT2D eigenvalue weighted by molar-refractivity contribution is 1.20. The van der Waals surface area contributed by atoms with Crippen LogP contribution in [-0.2, 0) is 0 Å². The number of nitrogens with two attached hydrogens (primary N) is 2. The number of nitrogens with zero attached hydrogens (tertiary/aromatic N) is 3. The maximum Gasteiger partial charge on any atom is 0.211 e. The first-order valence-corrected chi connectivity index (χ1v) is 2.20. The van der Waals surface area contributed by atoms with Gasteiger partial charge in [-0.3, -0.25) is 0 Å². The van der Waals surface area contributed by atoms with Gasteiger partial charge in [-0.1, -0.05) is 0 Å². The molecule has 0 amide bonds. The summed E-state index contributed by atoms with van der Waals surface area (Å²) in [6.45, 7) is 1.51. The summed E-state index contributed by atoms with van der Waals surface area (Å²) in [7, 11) is 0. The molecule has 5 heteroatoms. The van der Waals surface area contributed by atoms with Crippen LogP contribution < -0.4 is 11.5 Å². The van der Waals surface area contributed by atoms with Crippen molar-refractivity contribution < 1.29 is 0 Å². The first-order chi connectivity index (χ1) is 4.16. The highest BCUT2D eigenvalue weighted by molar-refractivity contribution is 5.96. The van der Waals surface area contributed by atoms with Gasteiger partial charge in [0.2, 0.25) is 5.96 Å². The Morgan fingerprint density at radius 3 is 2.33 bits per heavy atom. The lowest BCUT2D eigenvalue weighted by Gasteiger charge is -1.82. The summed E-state index contributed by atoms with van der Waals surface area (Å²) in [6.07, 6.45) is 0. The van der Waals surface area contributed by atoms with Crippen molar-refractivity contribution in [2.75, 3.05) is 0 Å². The summed E-state index contributed by atoms with van der Waals surface area (Å²) in [5, 5.41) is 14.7. The maximum absolute atomic E-state index is 8.12. The van der Waals surface area contributed by atoms with Crippen molar-refractivity contribution in [3.8, 4) is 6.07 Å². The van der Waals surface area contributed by atoms with E-state index in [-0.39, 0.29) is 11.7 Å².